The molecular formula is C15H13F2NO4. The average molecular weight is 309 g/mol. The van der Waals surface area contributed by atoms with E-state index in [1.165, 1.54) is 24.8 Å². The highest BCUT2D eigenvalue weighted by atomic mass is 19.2. The van der Waals surface area contributed by atoms with Gasteiger partial charge in [0.1, 0.15) is 5.56 Å². The third-order valence-corrected chi connectivity index (χ3v) is 3.92. The Morgan fingerprint density at radius 3 is 2.50 bits per heavy atom. The van der Waals surface area contributed by atoms with Gasteiger partial charge in [-0.2, -0.15) is 4.39 Å². The Morgan fingerprint density at radius 1 is 1.36 bits per heavy atom. The molecule has 1 fully saturated rings. The summed E-state index contributed by atoms with van der Waals surface area (Å²) in [6.45, 7) is 1.25. The second-order valence-corrected chi connectivity index (χ2v) is 5.33. The van der Waals surface area contributed by atoms with E-state index in [4.69, 9.17) is 4.74 Å². The standard InChI is InChI=1S/C15H13F2NO4/c1-6-9-12(14(22-2)11(17)10(6)16)18(7-3-4-7)5-8(13(9)19)15(20)21/h5,7H,3-4H2,1-2H3,(H,20,21). The number of halogens is 2. The summed E-state index contributed by atoms with van der Waals surface area (Å²) in [5, 5.41) is 9.03. The van der Waals surface area contributed by atoms with Crippen LogP contribution in [-0.2, 0) is 0 Å². The van der Waals surface area contributed by atoms with Gasteiger partial charge >= 0.3 is 5.97 Å². The minimum absolute atomic E-state index is 0.0423. The van der Waals surface area contributed by atoms with Crippen LogP contribution in [-0.4, -0.2) is 22.8 Å². The normalized spacial score (nSPS) is 14.4. The lowest BCUT2D eigenvalue weighted by molar-refractivity contribution is 0.0695. The summed E-state index contributed by atoms with van der Waals surface area (Å²) in [5.41, 5.74) is -1.41. The van der Waals surface area contributed by atoms with Crippen LogP contribution in [0.2, 0.25) is 0 Å². The largest absolute Gasteiger partial charge is 0.491 e. The van der Waals surface area contributed by atoms with Crippen LogP contribution in [0.1, 0.15) is 34.8 Å². The molecule has 1 saturated carbocycles. The topological polar surface area (TPSA) is 68.5 Å². The fourth-order valence-corrected chi connectivity index (χ4v) is 2.67. The van der Waals surface area contributed by atoms with Crippen LogP contribution in [0.25, 0.3) is 10.9 Å². The van der Waals surface area contributed by atoms with Crippen molar-refractivity contribution >= 4 is 16.9 Å². The van der Waals surface area contributed by atoms with E-state index in [0.29, 0.717) is 0 Å². The van der Waals surface area contributed by atoms with Gasteiger partial charge in [-0.1, -0.05) is 0 Å². The predicted octanol–water partition coefficient (Wildman–Crippen LogP) is 2.63. The van der Waals surface area contributed by atoms with Crippen molar-refractivity contribution in [3.63, 3.8) is 0 Å². The first-order valence-electron chi connectivity index (χ1n) is 6.72. The summed E-state index contributed by atoms with van der Waals surface area (Å²) in [6, 6.07) is -0.0423. The molecule has 1 aromatic heterocycles. The van der Waals surface area contributed by atoms with E-state index in [1.54, 1.807) is 0 Å². The number of hydrogen-bond acceptors (Lipinski definition) is 3. The number of benzene rings is 1. The number of aryl methyl sites for hydroxylation is 1. The van der Waals surface area contributed by atoms with Crippen LogP contribution in [0, 0.1) is 18.6 Å². The van der Waals surface area contributed by atoms with Gasteiger partial charge in [-0.15, -0.1) is 0 Å². The molecule has 0 radical (unpaired) electrons. The third kappa shape index (κ3) is 1.88. The van der Waals surface area contributed by atoms with Crippen LogP contribution >= 0.6 is 0 Å². The van der Waals surface area contributed by atoms with Crippen LogP contribution in [0.15, 0.2) is 11.0 Å². The maximum Gasteiger partial charge on any atom is 0.341 e. The Kier molecular flexibility index (Phi) is 3.16. The van der Waals surface area contributed by atoms with Crippen molar-refractivity contribution in [3.05, 3.63) is 39.2 Å². The van der Waals surface area contributed by atoms with Crippen molar-refractivity contribution in [2.75, 3.05) is 7.11 Å². The Hall–Kier alpha value is -2.44. The van der Waals surface area contributed by atoms with Crippen molar-refractivity contribution in [2.45, 2.75) is 25.8 Å². The Labute approximate surface area is 123 Å². The van der Waals surface area contributed by atoms with Gasteiger partial charge in [0.05, 0.1) is 18.0 Å². The van der Waals surface area contributed by atoms with Crippen LogP contribution in [0.3, 0.4) is 0 Å². The number of carbonyl (C=O) groups is 1. The lowest BCUT2D eigenvalue weighted by Crippen LogP contribution is -2.21. The number of rotatable bonds is 3. The molecule has 22 heavy (non-hydrogen) atoms. The van der Waals surface area contributed by atoms with E-state index in [2.05, 4.69) is 0 Å². The summed E-state index contributed by atoms with van der Waals surface area (Å²) >= 11 is 0. The number of carboxylic acids is 1. The number of methoxy groups -OCH3 is 1. The SMILES string of the molecule is COc1c(F)c(F)c(C)c2c(=O)c(C(=O)O)cn(C3CC3)c12. The Balaban J connectivity index is 2.60. The van der Waals surface area contributed by atoms with Crippen LogP contribution < -0.4 is 10.2 Å². The van der Waals surface area contributed by atoms with Crippen molar-refractivity contribution in [1.82, 2.24) is 4.57 Å². The summed E-state index contributed by atoms with van der Waals surface area (Å²) in [7, 11) is 1.18. The highest BCUT2D eigenvalue weighted by Crippen LogP contribution is 2.41. The number of ether oxygens (including phenoxy) is 1. The van der Waals surface area contributed by atoms with Crippen molar-refractivity contribution < 1.29 is 23.4 Å². The van der Waals surface area contributed by atoms with Gasteiger partial charge in [-0.05, 0) is 19.8 Å². The second-order valence-electron chi connectivity index (χ2n) is 5.33. The van der Waals surface area contributed by atoms with Gasteiger partial charge in [-0.3, -0.25) is 4.79 Å². The quantitative estimate of drug-likeness (QED) is 0.946. The smallest absolute Gasteiger partial charge is 0.341 e. The molecular weight excluding hydrogens is 296 g/mol. The van der Waals surface area contributed by atoms with E-state index in [0.717, 1.165) is 12.8 Å². The number of hydrogen-bond donors (Lipinski definition) is 1. The summed E-state index contributed by atoms with van der Waals surface area (Å²) < 4.78 is 34.6. The van der Waals surface area contributed by atoms with Gasteiger partial charge in [-0.25, -0.2) is 9.18 Å². The zero-order valence-corrected chi connectivity index (χ0v) is 11.9. The molecule has 5 nitrogen and oxygen atoms in total. The summed E-state index contributed by atoms with van der Waals surface area (Å²) in [6.07, 6.45) is 2.74. The van der Waals surface area contributed by atoms with Gasteiger partial charge in [0, 0.05) is 17.8 Å². The molecule has 1 N–H and O–H groups in total. The number of aromatic carboxylic acids is 1. The van der Waals surface area contributed by atoms with Crippen LogP contribution in [0.4, 0.5) is 8.78 Å². The lowest BCUT2D eigenvalue weighted by atomic mass is 10.0. The van der Waals surface area contributed by atoms with E-state index >= 15 is 0 Å². The zero-order valence-electron chi connectivity index (χ0n) is 11.9. The minimum Gasteiger partial charge on any atom is -0.491 e. The molecule has 3 rings (SSSR count). The van der Waals surface area contributed by atoms with E-state index in [-0.39, 0.29) is 28.3 Å². The first-order valence-corrected chi connectivity index (χ1v) is 6.72. The van der Waals surface area contributed by atoms with E-state index in [1.807, 2.05) is 0 Å². The molecule has 0 unspecified atom stereocenters. The molecule has 0 saturated heterocycles. The number of pyridine rings is 1. The van der Waals surface area contributed by atoms with E-state index in [9.17, 15) is 23.5 Å². The number of carboxylic acid groups (broad SMARTS) is 1. The van der Waals surface area contributed by atoms with Crippen LogP contribution in [0.5, 0.6) is 5.75 Å². The molecule has 2 aromatic rings. The molecule has 0 spiro atoms. The van der Waals surface area contributed by atoms with Crippen molar-refractivity contribution in [1.29, 1.82) is 0 Å². The fraction of sp³-hybridized carbons (Fsp3) is 0.333. The molecule has 0 amide bonds. The molecule has 7 heteroatoms. The van der Waals surface area contributed by atoms with Crippen molar-refractivity contribution in [2.24, 2.45) is 0 Å². The van der Waals surface area contributed by atoms with Crippen molar-refractivity contribution in [3.8, 4) is 5.75 Å². The Bertz CT molecular complexity index is 868. The van der Waals surface area contributed by atoms with Gasteiger partial charge < -0.3 is 14.4 Å². The number of fused-ring (bicyclic) bond motifs is 1. The molecule has 0 atom stereocenters. The highest BCUT2D eigenvalue weighted by molar-refractivity contribution is 5.96. The predicted molar refractivity (Wildman–Crippen MR) is 74.6 cm³/mol. The maximum absolute atomic E-state index is 14.1. The Morgan fingerprint density at radius 2 is 2.00 bits per heavy atom. The molecule has 116 valence electrons. The number of nitrogens with zero attached hydrogens (tertiary/aromatic N) is 1. The van der Waals surface area contributed by atoms with Gasteiger partial charge in [0.2, 0.25) is 11.2 Å². The first kappa shape index (κ1) is 14.5. The second kappa shape index (κ2) is 4.79. The molecule has 1 aliphatic rings. The molecule has 1 aromatic carbocycles. The molecule has 1 heterocycles. The lowest BCUT2D eigenvalue weighted by Gasteiger charge is -2.17. The fourth-order valence-electron chi connectivity index (χ4n) is 2.67. The maximum atomic E-state index is 14.1. The number of aromatic nitrogens is 1. The average Bonchev–Trinajstić information content (AvgIpc) is 3.29. The summed E-state index contributed by atoms with van der Waals surface area (Å²) in [5.74, 6) is -4.15. The first-order chi connectivity index (χ1) is 10.4. The van der Waals surface area contributed by atoms with Gasteiger partial charge in [0.15, 0.2) is 11.6 Å². The molecule has 0 aliphatic heterocycles. The monoisotopic (exact) mass is 309 g/mol. The minimum atomic E-state index is -1.40. The zero-order chi connectivity index (χ0) is 16.2. The molecule has 0 bridgehead atoms. The van der Waals surface area contributed by atoms with Gasteiger partial charge in [0.25, 0.3) is 0 Å². The van der Waals surface area contributed by atoms with E-state index < -0.39 is 28.6 Å². The summed E-state index contributed by atoms with van der Waals surface area (Å²) in [4.78, 5) is 23.6. The third-order valence-electron chi connectivity index (χ3n) is 3.92. The molecule has 1 aliphatic carbocycles. The highest BCUT2D eigenvalue weighted by Gasteiger charge is 2.31.